The summed E-state index contributed by atoms with van der Waals surface area (Å²) in [5.74, 6) is 3.23. The highest BCUT2D eigenvalue weighted by Gasteiger charge is 2.27. The van der Waals surface area contributed by atoms with Crippen LogP contribution in [0.2, 0.25) is 0 Å². The van der Waals surface area contributed by atoms with Crippen LogP contribution in [-0.4, -0.2) is 11.2 Å². The Hall–Kier alpha value is -0.300. The van der Waals surface area contributed by atoms with Crippen LogP contribution in [0.15, 0.2) is 12.2 Å². The summed E-state index contributed by atoms with van der Waals surface area (Å²) in [5.41, 5.74) is 0. The SMILES string of the molecule is CCCCCCCCC(CCC)CCC[C@H](O)CC[C@H]1C(CCC)CC=C[C@H]1C. The molecule has 0 aromatic heterocycles. The minimum atomic E-state index is -0.0771. The van der Waals surface area contributed by atoms with Gasteiger partial charge in [-0.2, -0.15) is 0 Å². The van der Waals surface area contributed by atoms with E-state index in [0.29, 0.717) is 5.92 Å². The van der Waals surface area contributed by atoms with Crippen molar-refractivity contribution < 1.29 is 5.11 Å². The molecule has 0 fully saturated rings. The molecule has 0 radical (unpaired) electrons. The van der Waals surface area contributed by atoms with Crippen molar-refractivity contribution in [2.24, 2.45) is 23.7 Å². The van der Waals surface area contributed by atoms with Crippen LogP contribution in [0.1, 0.15) is 137 Å². The van der Waals surface area contributed by atoms with Crippen LogP contribution < -0.4 is 0 Å². The Morgan fingerprint density at radius 3 is 2.21 bits per heavy atom. The maximum atomic E-state index is 10.6. The highest BCUT2D eigenvalue weighted by Crippen LogP contribution is 2.37. The zero-order chi connectivity index (χ0) is 21.3. The number of allylic oxidation sites excluding steroid dienone is 2. The van der Waals surface area contributed by atoms with Crippen molar-refractivity contribution in [1.82, 2.24) is 0 Å². The number of rotatable bonds is 18. The molecule has 0 saturated carbocycles. The van der Waals surface area contributed by atoms with Crippen LogP contribution in [-0.2, 0) is 0 Å². The fourth-order valence-corrected chi connectivity index (χ4v) is 5.64. The van der Waals surface area contributed by atoms with Crippen LogP contribution in [0, 0.1) is 23.7 Å². The highest BCUT2D eigenvalue weighted by molar-refractivity contribution is 4.98. The molecule has 1 heteroatoms. The van der Waals surface area contributed by atoms with Crippen LogP contribution >= 0.6 is 0 Å². The average molecular weight is 407 g/mol. The normalized spacial score (nSPS) is 24.0. The summed E-state index contributed by atoms with van der Waals surface area (Å²) in [6, 6.07) is 0. The van der Waals surface area contributed by atoms with Crippen molar-refractivity contribution in [2.45, 2.75) is 143 Å². The van der Waals surface area contributed by atoms with Gasteiger partial charge in [0.25, 0.3) is 0 Å². The molecule has 0 heterocycles. The molecule has 172 valence electrons. The van der Waals surface area contributed by atoms with Gasteiger partial charge in [-0.25, -0.2) is 0 Å². The summed E-state index contributed by atoms with van der Waals surface area (Å²) >= 11 is 0. The molecule has 1 nitrogen and oxygen atoms in total. The number of unbranched alkanes of at least 4 members (excludes halogenated alkanes) is 5. The molecule has 1 rings (SSSR count). The molecule has 5 atom stereocenters. The lowest BCUT2D eigenvalue weighted by Gasteiger charge is -2.34. The van der Waals surface area contributed by atoms with Gasteiger partial charge in [-0.1, -0.05) is 123 Å². The lowest BCUT2D eigenvalue weighted by atomic mass is 9.72. The summed E-state index contributed by atoms with van der Waals surface area (Å²) in [4.78, 5) is 0. The third kappa shape index (κ3) is 12.2. The summed E-state index contributed by atoms with van der Waals surface area (Å²) in [7, 11) is 0. The molecule has 0 saturated heterocycles. The molecule has 0 aromatic carbocycles. The Morgan fingerprint density at radius 1 is 0.759 bits per heavy atom. The van der Waals surface area contributed by atoms with Crippen molar-refractivity contribution in [3.05, 3.63) is 12.2 Å². The zero-order valence-electron chi connectivity index (χ0n) is 20.5. The predicted octanol–water partition coefficient (Wildman–Crippen LogP) is 9.09. The monoisotopic (exact) mass is 406 g/mol. The molecular formula is C28H54O. The van der Waals surface area contributed by atoms with Crippen molar-refractivity contribution in [2.75, 3.05) is 0 Å². The van der Waals surface area contributed by atoms with E-state index in [1.807, 2.05) is 0 Å². The first-order valence-electron chi connectivity index (χ1n) is 13.5. The third-order valence-corrected chi connectivity index (χ3v) is 7.46. The predicted molar refractivity (Wildman–Crippen MR) is 130 cm³/mol. The third-order valence-electron chi connectivity index (χ3n) is 7.46. The van der Waals surface area contributed by atoms with Gasteiger partial charge in [0.05, 0.1) is 6.10 Å². The van der Waals surface area contributed by atoms with Crippen molar-refractivity contribution in [1.29, 1.82) is 0 Å². The van der Waals surface area contributed by atoms with Gasteiger partial charge in [-0.3, -0.25) is 0 Å². The van der Waals surface area contributed by atoms with Crippen molar-refractivity contribution in [3.63, 3.8) is 0 Å². The molecule has 0 aliphatic heterocycles. The first kappa shape index (κ1) is 26.7. The number of hydrogen-bond acceptors (Lipinski definition) is 1. The lowest BCUT2D eigenvalue weighted by molar-refractivity contribution is 0.122. The smallest absolute Gasteiger partial charge is 0.0540 e. The van der Waals surface area contributed by atoms with E-state index < -0.39 is 0 Å². The molecule has 1 aliphatic carbocycles. The van der Waals surface area contributed by atoms with Crippen LogP contribution in [0.25, 0.3) is 0 Å². The Morgan fingerprint density at radius 2 is 1.48 bits per heavy atom. The minimum Gasteiger partial charge on any atom is -0.393 e. The fourth-order valence-electron chi connectivity index (χ4n) is 5.64. The summed E-state index contributed by atoms with van der Waals surface area (Å²) in [6.07, 6.45) is 27.0. The van der Waals surface area contributed by atoms with Crippen molar-refractivity contribution in [3.8, 4) is 0 Å². The molecule has 0 aromatic rings. The van der Waals surface area contributed by atoms with Gasteiger partial charge < -0.3 is 5.11 Å². The summed E-state index contributed by atoms with van der Waals surface area (Å²) in [6.45, 7) is 9.32. The number of aliphatic hydroxyl groups excluding tert-OH is 1. The lowest BCUT2D eigenvalue weighted by Crippen LogP contribution is -2.25. The highest BCUT2D eigenvalue weighted by atomic mass is 16.3. The molecular weight excluding hydrogens is 352 g/mol. The van der Waals surface area contributed by atoms with Crippen LogP contribution in [0.5, 0.6) is 0 Å². The second-order valence-electron chi connectivity index (χ2n) is 10.1. The molecule has 1 N–H and O–H groups in total. The number of aliphatic hydroxyl groups is 1. The quantitative estimate of drug-likeness (QED) is 0.178. The summed E-state index contributed by atoms with van der Waals surface area (Å²) < 4.78 is 0. The Labute approximate surface area is 184 Å². The molecule has 1 aliphatic rings. The maximum Gasteiger partial charge on any atom is 0.0540 e. The van der Waals surface area contributed by atoms with Gasteiger partial charge in [-0.05, 0) is 49.4 Å². The second kappa shape index (κ2) is 17.4. The van der Waals surface area contributed by atoms with Crippen LogP contribution in [0.4, 0.5) is 0 Å². The van der Waals surface area contributed by atoms with E-state index in [1.165, 1.54) is 96.3 Å². The Balaban J connectivity index is 2.22. The van der Waals surface area contributed by atoms with E-state index >= 15 is 0 Å². The minimum absolute atomic E-state index is 0.0771. The van der Waals surface area contributed by atoms with E-state index in [0.717, 1.165) is 30.6 Å². The van der Waals surface area contributed by atoms with E-state index in [2.05, 4.69) is 39.8 Å². The van der Waals surface area contributed by atoms with E-state index in [4.69, 9.17) is 0 Å². The molecule has 29 heavy (non-hydrogen) atoms. The summed E-state index contributed by atoms with van der Waals surface area (Å²) in [5, 5.41) is 10.6. The molecule has 0 spiro atoms. The maximum absolute atomic E-state index is 10.6. The van der Waals surface area contributed by atoms with Crippen LogP contribution in [0.3, 0.4) is 0 Å². The number of hydrogen-bond donors (Lipinski definition) is 1. The Kier molecular flexibility index (Phi) is 16.0. The van der Waals surface area contributed by atoms with Gasteiger partial charge >= 0.3 is 0 Å². The van der Waals surface area contributed by atoms with E-state index in [-0.39, 0.29) is 6.10 Å². The van der Waals surface area contributed by atoms with E-state index in [1.54, 1.807) is 0 Å². The molecule has 2 unspecified atom stereocenters. The first-order chi connectivity index (χ1) is 14.1. The molecule has 0 amide bonds. The standard InChI is InChI=1S/C28H54O/c1-5-8-9-10-11-12-18-25(15-6-2)19-14-21-27(29)22-23-28-24(4)17-13-20-26(28)16-7-3/h13,17,24-29H,5-12,14-16,18-23H2,1-4H3/t24-,25?,26?,27+,28-/m1/s1. The van der Waals surface area contributed by atoms with E-state index in [9.17, 15) is 5.11 Å². The zero-order valence-corrected chi connectivity index (χ0v) is 20.5. The van der Waals surface area contributed by atoms with Gasteiger partial charge in [0.2, 0.25) is 0 Å². The van der Waals surface area contributed by atoms with Gasteiger partial charge in [-0.15, -0.1) is 0 Å². The fraction of sp³-hybridized carbons (Fsp3) is 0.929. The van der Waals surface area contributed by atoms with Crippen molar-refractivity contribution >= 4 is 0 Å². The topological polar surface area (TPSA) is 20.2 Å². The van der Waals surface area contributed by atoms with Gasteiger partial charge in [0.1, 0.15) is 0 Å². The second-order valence-corrected chi connectivity index (χ2v) is 10.1. The average Bonchev–Trinajstić information content (AvgIpc) is 2.70. The molecule has 0 bridgehead atoms. The first-order valence-corrected chi connectivity index (χ1v) is 13.5. The van der Waals surface area contributed by atoms with Gasteiger partial charge in [0, 0.05) is 0 Å². The Bertz CT molecular complexity index is 388. The largest absolute Gasteiger partial charge is 0.393 e. The van der Waals surface area contributed by atoms with Gasteiger partial charge in [0.15, 0.2) is 0 Å².